The lowest BCUT2D eigenvalue weighted by molar-refractivity contribution is 0.421. The summed E-state index contributed by atoms with van der Waals surface area (Å²) < 4.78 is 2.22. The van der Waals surface area contributed by atoms with Crippen LogP contribution in [-0.2, 0) is 6.54 Å². The summed E-state index contributed by atoms with van der Waals surface area (Å²) in [5, 5.41) is 0. The van der Waals surface area contributed by atoms with Crippen LogP contribution in [0.3, 0.4) is 0 Å². The molecule has 0 amide bonds. The maximum absolute atomic E-state index is 5.76. The van der Waals surface area contributed by atoms with Gasteiger partial charge in [-0.3, -0.25) is 0 Å². The summed E-state index contributed by atoms with van der Waals surface area (Å²) >= 11 is 5.10. The molecule has 4 heteroatoms. The zero-order valence-electron chi connectivity index (χ0n) is 11.0. The zero-order chi connectivity index (χ0) is 13.2. The van der Waals surface area contributed by atoms with Gasteiger partial charge in [0.25, 0.3) is 0 Å². The molecule has 3 nitrogen and oxygen atoms in total. The fourth-order valence-electron chi connectivity index (χ4n) is 3.09. The molecule has 0 radical (unpaired) electrons. The summed E-state index contributed by atoms with van der Waals surface area (Å²) in [7, 11) is 0. The third-order valence-electron chi connectivity index (χ3n) is 3.97. The van der Waals surface area contributed by atoms with Gasteiger partial charge in [0, 0.05) is 5.92 Å². The van der Waals surface area contributed by atoms with E-state index in [1.807, 2.05) is 12.1 Å². The van der Waals surface area contributed by atoms with Crippen molar-refractivity contribution in [2.45, 2.75) is 44.6 Å². The molecule has 100 valence electrons. The predicted molar refractivity (Wildman–Crippen MR) is 82.3 cm³/mol. The molecule has 0 saturated heterocycles. The van der Waals surface area contributed by atoms with E-state index in [0.29, 0.717) is 17.5 Å². The number of fused-ring (bicyclic) bond motifs is 1. The Bertz CT molecular complexity index is 596. The molecule has 1 aliphatic carbocycles. The lowest BCUT2D eigenvalue weighted by atomic mass is 9.88. The van der Waals surface area contributed by atoms with Crippen molar-refractivity contribution in [1.29, 1.82) is 0 Å². The molecule has 0 bridgehead atoms. The zero-order valence-corrected chi connectivity index (χ0v) is 11.8. The molecule has 19 heavy (non-hydrogen) atoms. The second-order valence-corrected chi connectivity index (χ2v) is 5.87. The number of hydrogen-bond donors (Lipinski definition) is 1. The maximum Gasteiger partial charge on any atom is 0.113 e. The Kier molecular flexibility index (Phi) is 3.51. The van der Waals surface area contributed by atoms with Gasteiger partial charge in [-0.15, -0.1) is 0 Å². The van der Waals surface area contributed by atoms with Crippen molar-refractivity contribution in [2.75, 3.05) is 0 Å². The average molecular weight is 273 g/mol. The van der Waals surface area contributed by atoms with Crippen LogP contribution in [0, 0.1) is 0 Å². The third kappa shape index (κ3) is 2.50. The van der Waals surface area contributed by atoms with Gasteiger partial charge in [-0.1, -0.05) is 43.6 Å². The second kappa shape index (κ2) is 5.29. The first-order valence-corrected chi connectivity index (χ1v) is 7.40. The first kappa shape index (κ1) is 12.6. The average Bonchev–Trinajstić information content (AvgIpc) is 2.78. The minimum Gasteiger partial charge on any atom is -0.392 e. The summed E-state index contributed by atoms with van der Waals surface area (Å²) in [4.78, 5) is 5.37. The van der Waals surface area contributed by atoms with Gasteiger partial charge in [0.15, 0.2) is 0 Å². The van der Waals surface area contributed by atoms with Gasteiger partial charge in [-0.05, 0) is 25.0 Å². The Morgan fingerprint density at radius 1 is 1.26 bits per heavy atom. The normalized spacial score (nSPS) is 16.8. The number of nitrogens with two attached hydrogens (primary N) is 1. The van der Waals surface area contributed by atoms with Crippen LogP contribution in [0.15, 0.2) is 24.3 Å². The maximum atomic E-state index is 5.76. The number of benzene rings is 1. The summed E-state index contributed by atoms with van der Waals surface area (Å²) in [6, 6.07) is 8.25. The molecule has 0 aliphatic heterocycles. The van der Waals surface area contributed by atoms with Crippen LogP contribution >= 0.6 is 12.2 Å². The quantitative estimate of drug-likeness (QED) is 0.872. The highest BCUT2D eigenvalue weighted by molar-refractivity contribution is 7.80. The van der Waals surface area contributed by atoms with Crippen LogP contribution < -0.4 is 5.73 Å². The first-order valence-electron chi connectivity index (χ1n) is 6.99. The topological polar surface area (TPSA) is 43.8 Å². The highest BCUT2D eigenvalue weighted by atomic mass is 32.1. The number of rotatable bonds is 3. The Morgan fingerprint density at radius 2 is 2.00 bits per heavy atom. The molecule has 3 rings (SSSR count). The summed E-state index contributed by atoms with van der Waals surface area (Å²) in [5.74, 6) is 1.74. The Morgan fingerprint density at radius 3 is 2.74 bits per heavy atom. The van der Waals surface area contributed by atoms with Crippen molar-refractivity contribution in [3.63, 3.8) is 0 Å². The number of hydrogen-bond acceptors (Lipinski definition) is 2. The number of para-hydroxylation sites is 2. The van der Waals surface area contributed by atoms with E-state index in [4.69, 9.17) is 22.9 Å². The van der Waals surface area contributed by atoms with E-state index in [2.05, 4.69) is 16.7 Å². The Balaban J connectivity index is 2.07. The van der Waals surface area contributed by atoms with E-state index < -0.39 is 0 Å². The molecule has 0 unspecified atom stereocenters. The second-order valence-electron chi connectivity index (χ2n) is 5.35. The Hall–Kier alpha value is -1.42. The van der Waals surface area contributed by atoms with Gasteiger partial charge in [0.05, 0.1) is 22.6 Å². The van der Waals surface area contributed by atoms with Crippen molar-refractivity contribution >= 4 is 28.2 Å². The fraction of sp³-hybridized carbons (Fsp3) is 0.467. The van der Waals surface area contributed by atoms with Crippen LogP contribution in [0.25, 0.3) is 11.0 Å². The largest absolute Gasteiger partial charge is 0.392 e. The number of aromatic nitrogens is 2. The highest BCUT2D eigenvalue weighted by Crippen LogP contribution is 2.33. The molecule has 2 N–H and O–H groups in total. The van der Waals surface area contributed by atoms with E-state index in [1.165, 1.54) is 37.9 Å². The highest BCUT2D eigenvalue weighted by Gasteiger charge is 2.22. The van der Waals surface area contributed by atoms with Crippen molar-refractivity contribution in [3.05, 3.63) is 30.1 Å². The van der Waals surface area contributed by atoms with Gasteiger partial charge in [0.1, 0.15) is 5.82 Å². The van der Waals surface area contributed by atoms with Crippen molar-refractivity contribution in [1.82, 2.24) is 9.55 Å². The molecule has 0 spiro atoms. The molecular weight excluding hydrogens is 254 g/mol. The molecule has 0 atom stereocenters. The summed E-state index contributed by atoms with van der Waals surface area (Å²) in [5.41, 5.74) is 7.96. The number of thiocarbonyl (C=S) groups is 1. The minimum absolute atomic E-state index is 0.528. The van der Waals surface area contributed by atoms with Crippen molar-refractivity contribution in [2.24, 2.45) is 5.73 Å². The monoisotopic (exact) mass is 273 g/mol. The van der Waals surface area contributed by atoms with E-state index in [-0.39, 0.29) is 0 Å². The van der Waals surface area contributed by atoms with E-state index in [9.17, 15) is 0 Å². The van der Waals surface area contributed by atoms with Crippen molar-refractivity contribution in [3.8, 4) is 0 Å². The molecular formula is C15H19N3S. The minimum atomic E-state index is 0.528. The van der Waals surface area contributed by atoms with E-state index in [1.54, 1.807) is 0 Å². The molecule has 1 heterocycles. The van der Waals surface area contributed by atoms with Gasteiger partial charge < -0.3 is 10.3 Å². The van der Waals surface area contributed by atoms with Crippen LogP contribution in [0.5, 0.6) is 0 Å². The van der Waals surface area contributed by atoms with Crippen LogP contribution in [0.4, 0.5) is 0 Å². The SMILES string of the molecule is NC(=S)Cn1c(C2CCCCC2)nc2ccccc21. The molecule has 2 aromatic rings. The molecule has 1 aromatic heterocycles. The van der Waals surface area contributed by atoms with E-state index >= 15 is 0 Å². The number of imidazole rings is 1. The molecule has 1 fully saturated rings. The predicted octanol–water partition coefficient (Wildman–Crippen LogP) is 3.37. The third-order valence-corrected chi connectivity index (χ3v) is 4.10. The van der Waals surface area contributed by atoms with Crippen LogP contribution in [0.2, 0.25) is 0 Å². The lowest BCUT2D eigenvalue weighted by Gasteiger charge is -2.22. The first-order chi connectivity index (χ1) is 9.25. The van der Waals surface area contributed by atoms with E-state index in [0.717, 1.165) is 11.0 Å². The van der Waals surface area contributed by atoms with Gasteiger partial charge in [-0.2, -0.15) is 0 Å². The van der Waals surface area contributed by atoms with Gasteiger partial charge in [0.2, 0.25) is 0 Å². The fourth-order valence-corrected chi connectivity index (χ4v) is 3.22. The molecule has 1 saturated carbocycles. The smallest absolute Gasteiger partial charge is 0.113 e. The van der Waals surface area contributed by atoms with Crippen LogP contribution in [-0.4, -0.2) is 14.5 Å². The summed E-state index contributed by atoms with van der Waals surface area (Å²) in [6.07, 6.45) is 6.44. The lowest BCUT2D eigenvalue weighted by Crippen LogP contribution is -2.20. The van der Waals surface area contributed by atoms with Crippen molar-refractivity contribution < 1.29 is 0 Å². The van der Waals surface area contributed by atoms with Gasteiger partial charge in [-0.25, -0.2) is 4.98 Å². The standard InChI is InChI=1S/C15H19N3S/c16-14(19)10-18-13-9-5-4-8-12(13)17-15(18)11-6-2-1-3-7-11/h4-5,8-9,11H,1-3,6-7,10H2,(H2,16,19). The van der Waals surface area contributed by atoms with Crippen LogP contribution in [0.1, 0.15) is 43.8 Å². The summed E-state index contributed by atoms with van der Waals surface area (Å²) in [6.45, 7) is 0.599. The molecule has 1 aliphatic rings. The van der Waals surface area contributed by atoms with Gasteiger partial charge >= 0.3 is 0 Å². The molecule has 1 aromatic carbocycles. The Labute approximate surface area is 118 Å². The number of nitrogens with zero attached hydrogens (tertiary/aromatic N) is 2.